The van der Waals surface area contributed by atoms with Gasteiger partial charge in [-0.25, -0.2) is 0 Å². The summed E-state index contributed by atoms with van der Waals surface area (Å²) in [6, 6.07) is 16.3. The molecule has 2 aromatic carbocycles. The van der Waals surface area contributed by atoms with E-state index in [0.29, 0.717) is 0 Å². The summed E-state index contributed by atoms with van der Waals surface area (Å²) >= 11 is 0. The van der Waals surface area contributed by atoms with Crippen molar-refractivity contribution in [2.75, 3.05) is 0 Å². The Morgan fingerprint density at radius 3 is 2.71 bits per heavy atom. The zero-order valence-electron chi connectivity index (χ0n) is 11.9. The van der Waals surface area contributed by atoms with Gasteiger partial charge in [0, 0.05) is 18.3 Å². The Morgan fingerprint density at radius 2 is 1.95 bits per heavy atom. The minimum Gasteiger partial charge on any atom is -0.481 e. The molecular weight excluding hydrogens is 262 g/mol. The SMILES string of the molecule is Cc1cccc(Cn2ccc3ccc(CC(=O)O)cc32)c1. The lowest BCUT2D eigenvalue weighted by Crippen LogP contribution is -2.01. The van der Waals surface area contributed by atoms with Crippen LogP contribution in [0.4, 0.5) is 0 Å². The Balaban J connectivity index is 1.96. The number of nitrogens with zero attached hydrogens (tertiary/aromatic N) is 1. The molecule has 3 aromatic rings. The first-order valence-corrected chi connectivity index (χ1v) is 6.97. The zero-order chi connectivity index (χ0) is 14.8. The van der Waals surface area contributed by atoms with E-state index in [1.165, 1.54) is 11.1 Å². The van der Waals surface area contributed by atoms with E-state index in [1.807, 2.05) is 18.2 Å². The molecule has 0 saturated carbocycles. The fourth-order valence-electron chi connectivity index (χ4n) is 2.66. The lowest BCUT2D eigenvalue weighted by Gasteiger charge is -2.07. The third-order valence-electron chi connectivity index (χ3n) is 3.63. The highest BCUT2D eigenvalue weighted by Crippen LogP contribution is 2.20. The molecule has 0 bridgehead atoms. The maximum Gasteiger partial charge on any atom is 0.307 e. The molecule has 0 amide bonds. The maximum absolute atomic E-state index is 10.8. The molecule has 0 atom stereocenters. The van der Waals surface area contributed by atoms with Crippen molar-refractivity contribution in [1.29, 1.82) is 0 Å². The van der Waals surface area contributed by atoms with Crippen molar-refractivity contribution in [2.24, 2.45) is 0 Å². The monoisotopic (exact) mass is 279 g/mol. The van der Waals surface area contributed by atoms with Gasteiger partial charge in [0.2, 0.25) is 0 Å². The fraction of sp³-hybridized carbons (Fsp3) is 0.167. The largest absolute Gasteiger partial charge is 0.481 e. The number of rotatable bonds is 4. The van der Waals surface area contributed by atoms with Gasteiger partial charge in [-0.2, -0.15) is 0 Å². The lowest BCUT2D eigenvalue weighted by molar-refractivity contribution is -0.136. The zero-order valence-corrected chi connectivity index (χ0v) is 11.9. The minimum atomic E-state index is -0.800. The molecule has 0 radical (unpaired) electrons. The van der Waals surface area contributed by atoms with Gasteiger partial charge in [-0.05, 0) is 35.6 Å². The highest BCUT2D eigenvalue weighted by molar-refractivity contribution is 5.82. The van der Waals surface area contributed by atoms with Crippen LogP contribution in [0.15, 0.2) is 54.7 Å². The van der Waals surface area contributed by atoms with Crippen LogP contribution in [0.1, 0.15) is 16.7 Å². The number of hydrogen-bond donors (Lipinski definition) is 1. The Bertz CT molecular complexity index is 802. The number of benzene rings is 2. The molecule has 0 aliphatic rings. The van der Waals surface area contributed by atoms with Gasteiger partial charge in [-0.1, -0.05) is 42.0 Å². The standard InChI is InChI=1S/C18H17NO2/c1-13-3-2-4-15(9-13)12-19-8-7-16-6-5-14(10-17(16)19)11-18(20)21/h2-10H,11-12H2,1H3,(H,20,21). The van der Waals surface area contributed by atoms with Crippen LogP contribution in [-0.2, 0) is 17.8 Å². The number of aryl methyl sites for hydroxylation is 1. The molecule has 106 valence electrons. The third kappa shape index (κ3) is 2.97. The first kappa shape index (κ1) is 13.4. The van der Waals surface area contributed by atoms with E-state index >= 15 is 0 Å². The summed E-state index contributed by atoms with van der Waals surface area (Å²) < 4.78 is 2.16. The summed E-state index contributed by atoms with van der Waals surface area (Å²) in [5, 5.41) is 10.1. The van der Waals surface area contributed by atoms with E-state index in [1.54, 1.807) is 0 Å². The highest BCUT2D eigenvalue weighted by Gasteiger charge is 2.06. The Kier molecular flexibility index (Phi) is 3.48. The van der Waals surface area contributed by atoms with Crippen LogP contribution in [0.25, 0.3) is 10.9 Å². The van der Waals surface area contributed by atoms with Gasteiger partial charge < -0.3 is 9.67 Å². The van der Waals surface area contributed by atoms with Gasteiger partial charge in [-0.3, -0.25) is 4.79 Å². The predicted octanol–water partition coefficient (Wildman–Crippen LogP) is 3.63. The molecule has 3 nitrogen and oxygen atoms in total. The molecule has 21 heavy (non-hydrogen) atoms. The molecule has 0 aliphatic heterocycles. The number of hydrogen-bond acceptors (Lipinski definition) is 1. The summed E-state index contributed by atoms with van der Waals surface area (Å²) in [4.78, 5) is 10.8. The van der Waals surface area contributed by atoms with Crippen molar-refractivity contribution in [1.82, 2.24) is 4.57 Å². The average Bonchev–Trinajstić information content (AvgIpc) is 2.81. The van der Waals surface area contributed by atoms with E-state index in [0.717, 1.165) is 23.0 Å². The summed E-state index contributed by atoms with van der Waals surface area (Å²) in [7, 11) is 0. The van der Waals surface area contributed by atoms with E-state index < -0.39 is 5.97 Å². The summed E-state index contributed by atoms with van der Waals surface area (Å²) in [5.41, 5.74) is 4.40. The van der Waals surface area contributed by atoms with E-state index in [9.17, 15) is 4.79 Å². The molecule has 0 saturated heterocycles. The second kappa shape index (κ2) is 5.44. The van der Waals surface area contributed by atoms with Crippen LogP contribution in [0.5, 0.6) is 0 Å². The van der Waals surface area contributed by atoms with Gasteiger partial charge in [0.15, 0.2) is 0 Å². The topological polar surface area (TPSA) is 42.2 Å². The third-order valence-corrected chi connectivity index (χ3v) is 3.63. The number of aliphatic carboxylic acids is 1. The molecule has 1 N–H and O–H groups in total. The van der Waals surface area contributed by atoms with Crippen molar-refractivity contribution in [2.45, 2.75) is 19.9 Å². The normalized spacial score (nSPS) is 10.9. The van der Waals surface area contributed by atoms with Crippen molar-refractivity contribution in [3.05, 3.63) is 71.4 Å². The minimum absolute atomic E-state index is 0.0611. The van der Waals surface area contributed by atoms with Crippen molar-refractivity contribution in [3.63, 3.8) is 0 Å². The van der Waals surface area contributed by atoms with Crippen LogP contribution in [-0.4, -0.2) is 15.6 Å². The molecule has 0 spiro atoms. The molecule has 3 heteroatoms. The predicted molar refractivity (Wildman–Crippen MR) is 83.6 cm³/mol. The van der Waals surface area contributed by atoms with Crippen molar-refractivity contribution < 1.29 is 9.90 Å². The lowest BCUT2D eigenvalue weighted by atomic mass is 10.1. The van der Waals surface area contributed by atoms with Crippen LogP contribution in [0.2, 0.25) is 0 Å². The number of fused-ring (bicyclic) bond motifs is 1. The van der Waals surface area contributed by atoms with Crippen molar-refractivity contribution in [3.8, 4) is 0 Å². The van der Waals surface area contributed by atoms with E-state index in [4.69, 9.17) is 5.11 Å². The van der Waals surface area contributed by atoms with Gasteiger partial charge >= 0.3 is 5.97 Å². The second-order valence-corrected chi connectivity index (χ2v) is 5.40. The summed E-state index contributed by atoms with van der Waals surface area (Å²) in [6.45, 7) is 2.88. The smallest absolute Gasteiger partial charge is 0.307 e. The van der Waals surface area contributed by atoms with Crippen molar-refractivity contribution >= 4 is 16.9 Å². The number of carboxylic acid groups (broad SMARTS) is 1. The van der Waals surface area contributed by atoms with Crippen LogP contribution >= 0.6 is 0 Å². The molecule has 0 unspecified atom stereocenters. The highest BCUT2D eigenvalue weighted by atomic mass is 16.4. The van der Waals surface area contributed by atoms with E-state index in [-0.39, 0.29) is 6.42 Å². The maximum atomic E-state index is 10.8. The number of carboxylic acids is 1. The molecular formula is C18H17NO2. The summed E-state index contributed by atoms with van der Waals surface area (Å²) in [5.74, 6) is -0.800. The molecule has 3 rings (SSSR count). The first-order chi connectivity index (χ1) is 10.1. The van der Waals surface area contributed by atoms with E-state index in [2.05, 4.69) is 48.0 Å². The van der Waals surface area contributed by atoms with Gasteiger partial charge in [-0.15, -0.1) is 0 Å². The van der Waals surface area contributed by atoms with Gasteiger partial charge in [0.05, 0.1) is 6.42 Å². The quantitative estimate of drug-likeness (QED) is 0.792. The summed E-state index contributed by atoms with van der Waals surface area (Å²) in [6.07, 6.45) is 2.11. The van der Waals surface area contributed by atoms with Crippen LogP contribution in [0.3, 0.4) is 0 Å². The Morgan fingerprint density at radius 1 is 1.10 bits per heavy atom. The van der Waals surface area contributed by atoms with Gasteiger partial charge in [0.25, 0.3) is 0 Å². The fourth-order valence-corrected chi connectivity index (χ4v) is 2.66. The van der Waals surface area contributed by atoms with Crippen LogP contribution in [0, 0.1) is 6.92 Å². The molecule has 1 heterocycles. The average molecular weight is 279 g/mol. The Hall–Kier alpha value is -2.55. The number of aromatic nitrogens is 1. The molecule has 1 aromatic heterocycles. The Labute approximate surface area is 123 Å². The first-order valence-electron chi connectivity index (χ1n) is 6.97. The molecule has 0 fully saturated rings. The van der Waals surface area contributed by atoms with Gasteiger partial charge in [0.1, 0.15) is 0 Å². The number of carbonyl (C=O) groups is 1. The van der Waals surface area contributed by atoms with Crippen LogP contribution < -0.4 is 0 Å². The second-order valence-electron chi connectivity index (χ2n) is 5.40. The molecule has 0 aliphatic carbocycles.